The smallest absolute Gasteiger partial charge is 0.182 e. The molecule has 0 saturated heterocycles. The third-order valence-corrected chi connectivity index (χ3v) is 4.85. The Morgan fingerprint density at radius 3 is 1.50 bits per heavy atom. The summed E-state index contributed by atoms with van der Waals surface area (Å²) in [6, 6.07) is 16.5. The van der Waals surface area contributed by atoms with E-state index in [0.29, 0.717) is 51.4 Å². The Morgan fingerprint density at radius 1 is 0.400 bits per heavy atom. The number of furan rings is 6. The lowest BCUT2D eigenvalue weighted by Crippen LogP contribution is -1.83. The highest BCUT2D eigenvalue weighted by atomic mass is 16.4. The van der Waals surface area contributed by atoms with Crippen LogP contribution < -0.4 is 0 Å². The van der Waals surface area contributed by atoms with Crippen LogP contribution in [-0.4, -0.2) is 0 Å². The van der Waals surface area contributed by atoms with Gasteiger partial charge >= 0.3 is 0 Å². The van der Waals surface area contributed by atoms with E-state index in [0.717, 1.165) is 5.56 Å². The van der Waals surface area contributed by atoms with Crippen molar-refractivity contribution in [1.29, 1.82) is 0 Å². The van der Waals surface area contributed by atoms with Gasteiger partial charge in [-0.1, -0.05) is 0 Å². The molecule has 0 fully saturated rings. The van der Waals surface area contributed by atoms with Crippen molar-refractivity contribution in [2.45, 2.75) is 0 Å². The molecule has 0 bridgehead atoms. The van der Waals surface area contributed by atoms with Crippen LogP contribution in [0.15, 0.2) is 112 Å². The van der Waals surface area contributed by atoms with Crippen molar-refractivity contribution in [3.63, 3.8) is 0 Å². The molecule has 6 aromatic heterocycles. The molecule has 0 aliphatic heterocycles. The van der Waals surface area contributed by atoms with Crippen molar-refractivity contribution in [2.75, 3.05) is 0 Å². The summed E-state index contributed by atoms with van der Waals surface area (Å²) in [5.74, 6) is 3.97. The lowest BCUT2D eigenvalue weighted by molar-refractivity contribution is 0.506. The average Bonchev–Trinajstić information content (AvgIpc) is 3.61. The first-order chi connectivity index (χ1) is 14.9. The van der Waals surface area contributed by atoms with Gasteiger partial charge in [-0.05, 0) is 54.6 Å². The van der Waals surface area contributed by atoms with Gasteiger partial charge in [0.05, 0.1) is 48.0 Å². The highest BCUT2D eigenvalue weighted by Gasteiger charge is 2.32. The molecular formula is C24H14O6. The Morgan fingerprint density at radius 2 is 0.933 bits per heavy atom. The molecule has 0 aromatic carbocycles. The molecule has 146 valence electrons. The van der Waals surface area contributed by atoms with Gasteiger partial charge in [-0.25, -0.2) is 0 Å². The van der Waals surface area contributed by atoms with Gasteiger partial charge in [-0.15, -0.1) is 0 Å². The fraction of sp³-hybridized carbons (Fsp3) is 0. The van der Waals surface area contributed by atoms with E-state index in [4.69, 9.17) is 26.5 Å². The number of hydrogen-bond acceptors (Lipinski definition) is 6. The summed E-state index contributed by atoms with van der Waals surface area (Å²) in [7, 11) is 0. The zero-order chi connectivity index (χ0) is 19.9. The second-order valence-corrected chi connectivity index (χ2v) is 6.58. The van der Waals surface area contributed by atoms with Crippen LogP contribution in [0.5, 0.6) is 0 Å². The highest BCUT2D eigenvalue weighted by molar-refractivity contribution is 5.97. The Kier molecular flexibility index (Phi) is 3.67. The predicted octanol–water partition coefficient (Wildman–Crippen LogP) is 7.58. The normalized spacial score (nSPS) is 11.3. The molecule has 0 spiro atoms. The minimum absolute atomic E-state index is 0.485. The first-order valence-electron chi connectivity index (χ1n) is 9.30. The summed E-state index contributed by atoms with van der Waals surface area (Å²) >= 11 is 0. The van der Waals surface area contributed by atoms with E-state index in [1.54, 1.807) is 37.4 Å². The molecule has 0 aliphatic rings. The molecule has 0 unspecified atom stereocenters. The second kappa shape index (κ2) is 6.63. The SMILES string of the molecule is c1coc(-c2ccoc2-c2oc(-c3ccco3)c(-c3ccco3)c2-c2ccco2)c1. The van der Waals surface area contributed by atoms with Gasteiger partial charge in [0.2, 0.25) is 0 Å². The summed E-state index contributed by atoms with van der Waals surface area (Å²) in [6.07, 6.45) is 8.03. The Labute approximate surface area is 169 Å². The quantitative estimate of drug-likeness (QED) is 0.298. The van der Waals surface area contributed by atoms with E-state index >= 15 is 0 Å². The Balaban J connectivity index is 1.69. The fourth-order valence-corrected chi connectivity index (χ4v) is 3.60. The molecule has 0 atom stereocenters. The van der Waals surface area contributed by atoms with Gasteiger partial charge in [0, 0.05) is 0 Å². The van der Waals surface area contributed by atoms with Crippen LogP contribution in [0.4, 0.5) is 0 Å². The fourth-order valence-electron chi connectivity index (χ4n) is 3.60. The lowest BCUT2D eigenvalue weighted by Gasteiger charge is -2.02. The Hall–Kier alpha value is -4.32. The van der Waals surface area contributed by atoms with Crippen LogP contribution in [0.2, 0.25) is 0 Å². The molecular weight excluding hydrogens is 384 g/mol. The van der Waals surface area contributed by atoms with Crippen LogP contribution in [0.25, 0.3) is 57.0 Å². The van der Waals surface area contributed by atoms with Gasteiger partial charge in [0.25, 0.3) is 0 Å². The molecule has 0 saturated carbocycles. The molecule has 0 amide bonds. The van der Waals surface area contributed by atoms with Gasteiger partial charge in [-0.2, -0.15) is 0 Å². The van der Waals surface area contributed by atoms with E-state index in [9.17, 15) is 0 Å². The maximum absolute atomic E-state index is 6.37. The number of hydrogen-bond donors (Lipinski definition) is 0. The van der Waals surface area contributed by atoms with Crippen LogP contribution in [0, 0.1) is 0 Å². The van der Waals surface area contributed by atoms with Crippen molar-refractivity contribution in [3.05, 3.63) is 85.9 Å². The first kappa shape index (κ1) is 16.6. The van der Waals surface area contributed by atoms with E-state index in [1.807, 2.05) is 48.5 Å². The first-order valence-corrected chi connectivity index (χ1v) is 9.30. The molecule has 6 aromatic rings. The maximum atomic E-state index is 6.37. The molecule has 6 heterocycles. The van der Waals surface area contributed by atoms with Crippen molar-refractivity contribution >= 4 is 0 Å². The molecule has 6 nitrogen and oxygen atoms in total. The lowest BCUT2D eigenvalue weighted by atomic mass is 10.0. The second-order valence-electron chi connectivity index (χ2n) is 6.58. The van der Waals surface area contributed by atoms with E-state index in [-0.39, 0.29) is 0 Å². The van der Waals surface area contributed by atoms with Crippen LogP contribution in [-0.2, 0) is 0 Å². The van der Waals surface area contributed by atoms with Gasteiger partial charge in [0.15, 0.2) is 23.0 Å². The summed E-state index contributed by atoms with van der Waals surface area (Å²) in [6.45, 7) is 0. The van der Waals surface area contributed by atoms with Crippen molar-refractivity contribution in [3.8, 4) is 57.0 Å². The summed E-state index contributed by atoms with van der Waals surface area (Å²) in [5.41, 5.74) is 2.17. The predicted molar refractivity (Wildman–Crippen MR) is 107 cm³/mol. The highest BCUT2D eigenvalue weighted by Crippen LogP contribution is 2.50. The van der Waals surface area contributed by atoms with Crippen molar-refractivity contribution < 1.29 is 26.5 Å². The summed E-state index contributed by atoms with van der Waals surface area (Å²) < 4.78 is 35.0. The van der Waals surface area contributed by atoms with Crippen LogP contribution in [0.1, 0.15) is 0 Å². The average molecular weight is 398 g/mol. The largest absolute Gasteiger partial charge is 0.464 e. The van der Waals surface area contributed by atoms with E-state index in [1.165, 1.54) is 0 Å². The standard InChI is InChI=1S/C24H14O6/c1-5-16(25-10-1)15-9-14-29-22(15)24-21(18-7-3-12-27-18)20(17-6-2-11-26-17)23(30-24)19-8-4-13-28-19/h1-14H. The van der Waals surface area contributed by atoms with Crippen LogP contribution in [0.3, 0.4) is 0 Å². The van der Waals surface area contributed by atoms with Crippen molar-refractivity contribution in [2.24, 2.45) is 0 Å². The minimum atomic E-state index is 0.485. The molecule has 0 aliphatic carbocycles. The summed E-state index contributed by atoms with van der Waals surface area (Å²) in [4.78, 5) is 0. The zero-order valence-corrected chi connectivity index (χ0v) is 15.5. The molecule has 0 N–H and O–H groups in total. The van der Waals surface area contributed by atoms with Gasteiger partial charge < -0.3 is 26.5 Å². The van der Waals surface area contributed by atoms with E-state index in [2.05, 4.69) is 0 Å². The third-order valence-electron chi connectivity index (χ3n) is 4.85. The Bertz CT molecular complexity index is 1360. The van der Waals surface area contributed by atoms with Crippen molar-refractivity contribution in [1.82, 2.24) is 0 Å². The minimum Gasteiger partial charge on any atom is -0.464 e. The molecule has 6 rings (SSSR count). The monoisotopic (exact) mass is 398 g/mol. The van der Waals surface area contributed by atoms with Gasteiger partial charge in [0.1, 0.15) is 17.3 Å². The topological polar surface area (TPSA) is 78.8 Å². The maximum Gasteiger partial charge on any atom is 0.182 e. The zero-order valence-electron chi connectivity index (χ0n) is 15.5. The number of rotatable bonds is 5. The third kappa shape index (κ3) is 2.51. The van der Waals surface area contributed by atoms with Gasteiger partial charge in [-0.3, -0.25) is 0 Å². The molecule has 30 heavy (non-hydrogen) atoms. The summed E-state index contributed by atoms with van der Waals surface area (Å²) in [5, 5.41) is 0. The van der Waals surface area contributed by atoms with E-state index < -0.39 is 0 Å². The molecule has 0 radical (unpaired) electrons. The molecule has 6 heteroatoms. The van der Waals surface area contributed by atoms with Crippen LogP contribution >= 0.6 is 0 Å².